The molecule has 4 N–H and O–H groups in total. The van der Waals surface area contributed by atoms with Gasteiger partial charge < -0.3 is 25.6 Å². The monoisotopic (exact) mass is 480 g/mol. The number of carboxylic acid groups (broad SMARTS) is 1. The largest absolute Gasteiger partial charge is 0.480 e. The standard InChI is InChI=1S/C27H32N2O6/c30-15-14-24(26(32)33)28-25(31)21-12-2-1-3-13-23(21)29-27(34)35-16-22-19-10-6-4-8-17(19)18-9-5-7-11-20(18)22/h4-11,21-24,30H,1-3,12-16H2,(H,28,31)(H,29,34)(H,32,33)/t21-,23+,24+/m0/s1. The molecule has 0 unspecified atom stereocenters. The number of carboxylic acids is 1. The molecule has 4 rings (SSSR count). The van der Waals surface area contributed by atoms with Crippen LogP contribution in [0, 0.1) is 5.92 Å². The van der Waals surface area contributed by atoms with Crippen molar-refractivity contribution < 1.29 is 29.3 Å². The first kappa shape index (κ1) is 24.7. The van der Waals surface area contributed by atoms with Gasteiger partial charge in [0.25, 0.3) is 0 Å². The second-order valence-corrected chi connectivity index (χ2v) is 9.23. The van der Waals surface area contributed by atoms with Gasteiger partial charge >= 0.3 is 12.1 Å². The summed E-state index contributed by atoms with van der Waals surface area (Å²) >= 11 is 0. The van der Waals surface area contributed by atoms with Crippen molar-refractivity contribution in [2.45, 2.75) is 56.5 Å². The molecular weight excluding hydrogens is 448 g/mol. The molecule has 2 amide bonds. The highest BCUT2D eigenvalue weighted by Crippen LogP contribution is 2.44. The number of fused-ring (bicyclic) bond motifs is 3. The zero-order valence-electron chi connectivity index (χ0n) is 19.6. The molecule has 8 heteroatoms. The molecule has 35 heavy (non-hydrogen) atoms. The molecule has 0 spiro atoms. The van der Waals surface area contributed by atoms with Crippen LogP contribution in [0.25, 0.3) is 11.1 Å². The Morgan fingerprint density at radius 3 is 2.20 bits per heavy atom. The van der Waals surface area contributed by atoms with Gasteiger partial charge in [-0.2, -0.15) is 0 Å². The van der Waals surface area contributed by atoms with Crippen LogP contribution in [0.4, 0.5) is 4.79 Å². The maximum Gasteiger partial charge on any atom is 0.407 e. The number of aliphatic carboxylic acids is 1. The summed E-state index contributed by atoms with van der Waals surface area (Å²) in [5, 5.41) is 23.8. The number of aliphatic hydroxyl groups excluding tert-OH is 1. The van der Waals surface area contributed by atoms with Crippen molar-refractivity contribution in [2.75, 3.05) is 13.2 Å². The fourth-order valence-corrected chi connectivity index (χ4v) is 5.25. The average molecular weight is 481 g/mol. The van der Waals surface area contributed by atoms with Crippen LogP contribution >= 0.6 is 0 Å². The predicted molar refractivity (Wildman–Crippen MR) is 130 cm³/mol. The zero-order chi connectivity index (χ0) is 24.8. The van der Waals surface area contributed by atoms with Crippen LogP contribution < -0.4 is 10.6 Å². The number of rotatable bonds is 8. The average Bonchev–Trinajstić information content (AvgIpc) is 2.98. The number of hydrogen-bond donors (Lipinski definition) is 4. The molecule has 0 heterocycles. The predicted octanol–water partition coefficient (Wildman–Crippen LogP) is 3.43. The molecule has 0 radical (unpaired) electrons. The second-order valence-electron chi connectivity index (χ2n) is 9.23. The molecule has 2 aliphatic rings. The molecule has 0 saturated heterocycles. The molecule has 1 fully saturated rings. The third-order valence-electron chi connectivity index (χ3n) is 7.03. The summed E-state index contributed by atoms with van der Waals surface area (Å²) in [4.78, 5) is 37.1. The number of ether oxygens (including phenoxy) is 1. The van der Waals surface area contributed by atoms with Gasteiger partial charge in [0.05, 0.1) is 5.92 Å². The van der Waals surface area contributed by atoms with E-state index in [-0.39, 0.29) is 25.6 Å². The molecule has 0 bridgehead atoms. The van der Waals surface area contributed by atoms with Crippen molar-refractivity contribution in [3.63, 3.8) is 0 Å². The number of alkyl carbamates (subject to hydrolysis) is 1. The molecule has 2 aromatic rings. The van der Waals surface area contributed by atoms with E-state index in [1.807, 2.05) is 24.3 Å². The maximum atomic E-state index is 12.9. The van der Waals surface area contributed by atoms with Crippen molar-refractivity contribution in [3.05, 3.63) is 59.7 Å². The van der Waals surface area contributed by atoms with E-state index in [1.54, 1.807) is 0 Å². The van der Waals surface area contributed by atoms with E-state index in [4.69, 9.17) is 9.84 Å². The van der Waals surface area contributed by atoms with Crippen LogP contribution in [0.1, 0.15) is 55.6 Å². The highest BCUT2D eigenvalue weighted by Gasteiger charge is 2.34. The van der Waals surface area contributed by atoms with Gasteiger partial charge in [0, 0.05) is 25.0 Å². The van der Waals surface area contributed by atoms with Gasteiger partial charge in [-0.25, -0.2) is 9.59 Å². The Morgan fingerprint density at radius 2 is 1.57 bits per heavy atom. The summed E-state index contributed by atoms with van der Waals surface area (Å²) in [6.45, 7) is -0.162. The third-order valence-corrected chi connectivity index (χ3v) is 7.03. The van der Waals surface area contributed by atoms with Crippen LogP contribution in [-0.4, -0.2) is 53.5 Å². The minimum atomic E-state index is -1.19. The molecule has 186 valence electrons. The van der Waals surface area contributed by atoms with Crippen LogP contribution in [0.15, 0.2) is 48.5 Å². The zero-order valence-corrected chi connectivity index (χ0v) is 19.6. The van der Waals surface area contributed by atoms with E-state index in [0.29, 0.717) is 12.8 Å². The van der Waals surface area contributed by atoms with E-state index < -0.39 is 36.0 Å². The van der Waals surface area contributed by atoms with E-state index in [1.165, 1.54) is 0 Å². The van der Waals surface area contributed by atoms with Gasteiger partial charge in [-0.15, -0.1) is 0 Å². The highest BCUT2D eigenvalue weighted by molar-refractivity contribution is 5.86. The lowest BCUT2D eigenvalue weighted by Crippen LogP contribution is -2.50. The summed E-state index contributed by atoms with van der Waals surface area (Å²) in [5.74, 6) is -2.23. The summed E-state index contributed by atoms with van der Waals surface area (Å²) < 4.78 is 5.66. The normalized spacial score (nSPS) is 20.1. The third kappa shape index (κ3) is 5.65. The Hall–Kier alpha value is -3.39. The van der Waals surface area contributed by atoms with E-state index in [9.17, 15) is 19.5 Å². The van der Waals surface area contributed by atoms with Crippen molar-refractivity contribution in [2.24, 2.45) is 5.92 Å². The fourth-order valence-electron chi connectivity index (χ4n) is 5.25. The van der Waals surface area contributed by atoms with Gasteiger partial charge in [-0.05, 0) is 35.1 Å². The molecular formula is C27H32N2O6. The van der Waals surface area contributed by atoms with E-state index >= 15 is 0 Å². The Bertz CT molecular complexity index is 1030. The highest BCUT2D eigenvalue weighted by atomic mass is 16.5. The van der Waals surface area contributed by atoms with Crippen LogP contribution in [0.3, 0.4) is 0 Å². The van der Waals surface area contributed by atoms with Crippen molar-refractivity contribution in [1.29, 1.82) is 0 Å². The Morgan fingerprint density at radius 1 is 0.943 bits per heavy atom. The second kappa shape index (κ2) is 11.4. The van der Waals surface area contributed by atoms with Gasteiger partial charge in [0.2, 0.25) is 5.91 Å². The maximum absolute atomic E-state index is 12.9. The summed E-state index contributed by atoms with van der Waals surface area (Å²) in [5.41, 5.74) is 4.54. The molecule has 2 aromatic carbocycles. The summed E-state index contributed by atoms with van der Waals surface area (Å²) in [7, 11) is 0. The van der Waals surface area contributed by atoms with Gasteiger partial charge in [0.1, 0.15) is 12.6 Å². The van der Waals surface area contributed by atoms with E-state index in [0.717, 1.165) is 41.5 Å². The fraction of sp³-hybridized carbons (Fsp3) is 0.444. The van der Waals surface area contributed by atoms with Crippen LogP contribution in [-0.2, 0) is 14.3 Å². The summed E-state index contributed by atoms with van der Waals surface area (Å²) in [6.07, 6.45) is 3.12. The van der Waals surface area contributed by atoms with Crippen molar-refractivity contribution in [1.82, 2.24) is 10.6 Å². The molecule has 1 saturated carbocycles. The number of nitrogens with one attached hydrogen (secondary N) is 2. The minimum Gasteiger partial charge on any atom is -0.480 e. The molecule has 3 atom stereocenters. The Labute approximate surface area is 204 Å². The number of carbonyl (C=O) groups excluding carboxylic acids is 2. The molecule has 2 aliphatic carbocycles. The lowest BCUT2D eigenvalue weighted by Gasteiger charge is -2.27. The SMILES string of the molecule is O=C(N[C@@H]1CCCCC[C@@H]1C(=O)N[C@H](CCO)C(=O)O)OCC1c2ccccc2-c2ccccc21. The molecule has 8 nitrogen and oxygen atoms in total. The first-order valence-electron chi connectivity index (χ1n) is 12.2. The van der Waals surface area contributed by atoms with Crippen LogP contribution in [0.2, 0.25) is 0 Å². The number of hydrogen-bond acceptors (Lipinski definition) is 5. The van der Waals surface area contributed by atoms with Crippen LogP contribution in [0.5, 0.6) is 0 Å². The number of benzene rings is 2. The van der Waals surface area contributed by atoms with Gasteiger partial charge in [-0.1, -0.05) is 67.8 Å². The van der Waals surface area contributed by atoms with E-state index in [2.05, 4.69) is 34.9 Å². The van der Waals surface area contributed by atoms with Gasteiger partial charge in [0.15, 0.2) is 0 Å². The Kier molecular flexibility index (Phi) is 8.02. The Balaban J connectivity index is 1.41. The smallest absolute Gasteiger partial charge is 0.407 e. The quantitative estimate of drug-likeness (QED) is 0.429. The van der Waals surface area contributed by atoms with Gasteiger partial charge in [-0.3, -0.25) is 4.79 Å². The first-order chi connectivity index (χ1) is 17.0. The van der Waals surface area contributed by atoms with Crippen molar-refractivity contribution in [3.8, 4) is 11.1 Å². The molecule has 0 aromatic heterocycles. The first-order valence-corrected chi connectivity index (χ1v) is 12.2. The number of amides is 2. The lowest BCUT2D eigenvalue weighted by atomic mass is 9.93. The number of aliphatic hydroxyl groups is 1. The minimum absolute atomic E-state index is 0.0591. The lowest BCUT2D eigenvalue weighted by molar-refractivity contribution is -0.143. The number of carbonyl (C=O) groups is 3. The summed E-state index contributed by atoms with van der Waals surface area (Å²) in [6, 6.07) is 14.6. The molecule has 0 aliphatic heterocycles. The topological polar surface area (TPSA) is 125 Å². The van der Waals surface area contributed by atoms with Crippen molar-refractivity contribution >= 4 is 18.0 Å².